The zero-order valence-corrected chi connectivity index (χ0v) is 14.9. The molecule has 1 unspecified atom stereocenters. The normalized spacial score (nSPS) is 18.6. The van der Waals surface area contributed by atoms with Gasteiger partial charge in [-0.2, -0.15) is 0 Å². The van der Waals surface area contributed by atoms with Crippen LogP contribution in [0.3, 0.4) is 0 Å². The number of carbonyl (C=O) groups excluding carboxylic acids is 2. The van der Waals surface area contributed by atoms with E-state index in [1.165, 1.54) is 14.2 Å². The van der Waals surface area contributed by atoms with E-state index < -0.39 is 6.04 Å². The van der Waals surface area contributed by atoms with Gasteiger partial charge in [-0.05, 0) is 47.4 Å². The highest BCUT2D eigenvalue weighted by Gasteiger charge is 2.32. The number of hydrogen-bond donors (Lipinski definition) is 1. The van der Waals surface area contributed by atoms with E-state index in [1.54, 1.807) is 19.2 Å². The van der Waals surface area contributed by atoms with Gasteiger partial charge in [-0.1, -0.05) is 18.2 Å². The van der Waals surface area contributed by atoms with Crippen LogP contribution in [0.4, 0.5) is 0 Å². The van der Waals surface area contributed by atoms with Crippen molar-refractivity contribution in [3.8, 4) is 5.75 Å². The maximum absolute atomic E-state index is 12.1. The molecule has 0 spiro atoms. The van der Waals surface area contributed by atoms with Crippen molar-refractivity contribution in [2.75, 3.05) is 21.3 Å². The molecule has 1 aliphatic heterocycles. The summed E-state index contributed by atoms with van der Waals surface area (Å²) < 4.78 is 15.0. The van der Waals surface area contributed by atoms with Gasteiger partial charge >= 0.3 is 11.9 Å². The van der Waals surface area contributed by atoms with Crippen molar-refractivity contribution in [1.82, 2.24) is 5.32 Å². The summed E-state index contributed by atoms with van der Waals surface area (Å²) in [4.78, 5) is 23.8. The molecule has 0 aliphatic carbocycles. The van der Waals surface area contributed by atoms with E-state index >= 15 is 0 Å². The predicted octanol–water partition coefficient (Wildman–Crippen LogP) is 2.26. The Bertz CT molecular complexity index is 815. The Kier molecular flexibility index (Phi) is 5.23. The maximum atomic E-state index is 12.1. The lowest BCUT2D eigenvalue weighted by Gasteiger charge is -2.32. The highest BCUT2D eigenvalue weighted by atomic mass is 16.5. The first-order chi connectivity index (χ1) is 12.6. The van der Waals surface area contributed by atoms with Gasteiger partial charge in [0.1, 0.15) is 11.8 Å². The molecular weight excluding hydrogens is 334 g/mol. The molecule has 0 radical (unpaired) electrons. The zero-order chi connectivity index (χ0) is 18.7. The van der Waals surface area contributed by atoms with Gasteiger partial charge < -0.3 is 14.2 Å². The minimum atomic E-state index is -0.454. The van der Waals surface area contributed by atoms with Crippen molar-refractivity contribution in [3.05, 3.63) is 64.7 Å². The first kappa shape index (κ1) is 17.9. The fourth-order valence-corrected chi connectivity index (χ4v) is 3.24. The van der Waals surface area contributed by atoms with Crippen LogP contribution in [0.25, 0.3) is 0 Å². The topological polar surface area (TPSA) is 73.9 Å². The van der Waals surface area contributed by atoms with Crippen molar-refractivity contribution >= 4 is 11.9 Å². The lowest BCUT2D eigenvalue weighted by atomic mass is 9.86. The summed E-state index contributed by atoms with van der Waals surface area (Å²) in [6, 6.07) is 12.3. The van der Waals surface area contributed by atoms with Gasteiger partial charge in [0.05, 0.1) is 32.9 Å². The van der Waals surface area contributed by atoms with Crippen LogP contribution < -0.4 is 10.1 Å². The first-order valence-electron chi connectivity index (χ1n) is 8.26. The van der Waals surface area contributed by atoms with Gasteiger partial charge in [0.25, 0.3) is 0 Å². The molecular formula is C20H21NO5. The van der Waals surface area contributed by atoms with Crippen molar-refractivity contribution < 1.29 is 23.8 Å². The third-order valence-electron chi connectivity index (χ3n) is 4.60. The van der Waals surface area contributed by atoms with Crippen molar-refractivity contribution in [3.63, 3.8) is 0 Å². The minimum Gasteiger partial charge on any atom is -0.497 e. The highest BCUT2D eigenvalue weighted by molar-refractivity contribution is 5.89. The fraction of sp³-hybridized carbons (Fsp3) is 0.300. The van der Waals surface area contributed by atoms with Crippen LogP contribution in [0.5, 0.6) is 5.75 Å². The van der Waals surface area contributed by atoms with Gasteiger partial charge in [0.2, 0.25) is 0 Å². The summed E-state index contributed by atoms with van der Waals surface area (Å²) in [7, 11) is 4.35. The molecule has 0 aromatic heterocycles. The van der Waals surface area contributed by atoms with E-state index in [-0.39, 0.29) is 18.0 Å². The number of benzene rings is 2. The van der Waals surface area contributed by atoms with Gasteiger partial charge in [-0.25, -0.2) is 4.79 Å². The third-order valence-corrected chi connectivity index (χ3v) is 4.60. The second-order valence-corrected chi connectivity index (χ2v) is 6.06. The van der Waals surface area contributed by atoms with Crippen LogP contribution in [-0.4, -0.2) is 39.3 Å². The van der Waals surface area contributed by atoms with Crippen LogP contribution in [0, 0.1) is 0 Å². The third kappa shape index (κ3) is 3.41. The van der Waals surface area contributed by atoms with Crippen LogP contribution in [0.2, 0.25) is 0 Å². The average molecular weight is 355 g/mol. The van der Waals surface area contributed by atoms with Crippen LogP contribution in [0.15, 0.2) is 42.5 Å². The van der Waals surface area contributed by atoms with Crippen molar-refractivity contribution in [2.24, 2.45) is 0 Å². The molecule has 1 heterocycles. The molecule has 0 saturated heterocycles. The minimum absolute atomic E-state index is 0.194. The highest BCUT2D eigenvalue weighted by Crippen LogP contribution is 2.33. The van der Waals surface area contributed by atoms with E-state index in [0.717, 1.165) is 22.4 Å². The molecule has 1 N–H and O–H groups in total. The van der Waals surface area contributed by atoms with Crippen molar-refractivity contribution in [2.45, 2.75) is 18.5 Å². The number of rotatable bonds is 4. The molecule has 0 amide bonds. The summed E-state index contributed by atoms with van der Waals surface area (Å²) in [5.74, 6) is 0.0504. The predicted molar refractivity (Wildman–Crippen MR) is 95.3 cm³/mol. The SMILES string of the molecule is COC(=O)c1ccc(C2N[C@@H](C(=O)OC)Cc3cc(OC)ccc32)cc1. The molecule has 0 bridgehead atoms. The number of ether oxygens (including phenoxy) is 3. The van der Waals surface area contributed by atoms with Crippen LogP contribution in [0.1, 0.15) is 33.1 Å². The van der Waals surface area contributed by atoms with E-state index in [9.17, 15) is 9.59 Å². The van der Waals surface area contributed by atoms with Crippen LogP contribution >= 0.6 is 0 Å². The zero-order valence-electron chi connectivity index (χ0n) is 14.9. The molecule has 6 nitrogen and oxygen atoms in total. The quantitative estimate of drug-likeness (QED) is 0.848. The molecule has 2 aromatic carbocycles. The lowest BCUT2D eigenvalue weighted by Crippen LogP contribution is -2.45. The molecule has 3 rings (SSSR count). The number of nitrogens with one attached hydrogen (secondary N) is 1. The Morgan fingerprint density at radius 3 is 2.35 bits per heavy atom. The van der Waals surface area contributed by atoms with Gasteiger partial charge in [-0.3, -0.25) is 10.1 Å². The maximum Gasteiger partial charge on any atom is 0.337 e. The number of hydrogen-bond acceptors (Lipinski definition) is 6. The largest absolute Gasteiger partial charge is 0.497 e. The summed E-state index contributed by atoms with van der Waals surface area (Å²) in [6.07, 6.45) is 0.524. The Morgan fingerprint density at radius 1 is 1.00 bits per heavy atom. The van der Waals surface area contributed by atoms with Crippen molar-refractivity contribution in [1.29, 1.82) is 0 Å². The molecule has 6 heteroatoms. The number of fused-ring (bicyclic) bond motifs is 1. The molecule has 2 aromatic rings. The smallest absolute Gasteiger partial charge is 0.337 e. The number of esters is 2. The second kappa shape index (κ2) is 7.58. The van der Waals surface area contributed by atoms with E-state index in [4.69, 9.17) is 14.2 Å². The molecule has 26 heavy (non-hydrogen) atoms. The van der Waals surface area contributed by atoms with Gasteiger partial charge in [0, 0.05) is 0 Å². The summed E-state index contributed by atoms with van der Waals surface area (Å²) in [5.41, 5.74) is 3.52. The van der Waals surface area contributed by atoms with Gasteiger partial charge in [-0.15, -0.1) is 0 Å². The van der Waals surface area contributed by atoms with Crippen LogP contribution in [-0.2, 0) is 20.7 Å². The fourth-order valence-electron chi connectivity index (χ4n) is 3.24. The number of methoxy groups -OCH3 is 3. The van der Waals surface area contributed by atoms with E-state index in [2.05, 4.69) is 5.32 Å². The van der Waals surface area contributed by atoms with Gasteiger partial charge in [0.15, 0.2) is 0 Å². The molecule has 136 valence electrons. The molecule has 0 fully saturated rings. The monoisotopic (exact) mass is 355 g/mol. The molecule has 1 aliphatic rings. The molecule has 2 atom stereocenters. The second-order valence-electron chi connectivity index (χ2n) is 6.06. The summed E-state index contributed by atoms with van der Waals surface area (Å²) >= 11 is 0. The van der Waals surface area contributed by atoms with E-state index in [1.807, 2.05) is 30.3 Å². The Hall–Kier alpha value is -2.86. The number of carbonyl (C=O) groups is 2. The Labute approximate surface area is 152 Å². The standard InChI is InChI=1S/C20H21NO5/c1-24-15-8-9-16-14(10-15)11-17(20(23)26-3)21-18(16)12-4-6-13(7-5-12)19(22)25-2/h4-10,17-18,21H,11H2,1-3H3/t17-,18?/m1/s1. The van der Waals surface area contributed by atoms with E-state index in [0.29, 0.717) is 12.0 Å². The summed E-state index contributed by atoms with van der Waals surface area (Å²) in [6.45, 7) is 0. The molecule has 0 saturated carbocycles. The first-order valence-corrected chi connectivity index (χ1v) is 8.26. The Balaban J connectivity index is 1.99. The Morgan fingerprint density at radius 2 is 1.73 bits per heavy atom. The lowest BCUT2D eigenvalue weighted by molar-refractivity contribution is -0.143. The summed E-state index contributed by atoms with van der Waals surface area (Å²) in [5, 5.41) is 3.35. The average Bonchev–Trinajstić information content (AvgIpc) is 2.71.